The standard InChI is InChI=1S/C25H36N2O3/c1-7-27(8-2)11-12-30-24-16-20-19(15-23(24)29-6)9-10-26-25(20)21-13-17(3)18(4)14-22(21)28-5/h13-16,25-26H,7-12H2,1-6H3. The Kier molecular flexibility index (Phi) is 7.62. The molecule has 1 unspecified atom stereocenters. The zero-order valence-electron chi connectivity index (χ0n) is 19.3. The Bertz CT molecular complexity index is 862. The summed E-state index contributed by atoms with van der Waals surface area (Å²) in [4.78, 5) is 2.36. The normalized spacial score (nSPS) is 15.8. The number of benzene rings is 2. The highest BCUT2D eigenvalue weighted by molar-refractivity contribution is 5.54. The van der Waals surface area contributed by atoms with Crippen LogP contribution in [0.1, 0.15) is 47.7 Å². The second-order valence-electron chi connectivity index (χ2n) is 7.89. The molecule has 1 atom stereocenters. The van der Waals surface area contributed by atoms with Gasteiger partial charge >= 0.3 is 0 Å². The van der Waals surface area contributed by atoms with Crippen molar-refractivity contribution in [2.45, 2.75) is 40.2 Å². The highest BCUT2D eigenvalue weighted by atomic mass is 16.5. The summed E-state index contributed by atoms with van der Waals surface area (Å²) < 4.78 is 17.6. The number of nitrogens with one attached hydrogen (secondary N) is 1. The Morgan fingerprint density at radius 1 is 0.900 bits per heavy atom. The van der Waals surface area contributed by atoms with E-state index in [1.165, 1.54) is 27.8 Å². The second kappa shape index (κ2) is 10.2. The lowest BCUT2D eigenvalue weighted by molar-refractivity contribution is 0.217. The highest BCUT2D eigenvalue weighted by Crippen LogP contribution is 2.40. The van der Waals surface area contributed by atoms with Gasteiger partial charge < -0.3 is 24.4 Å². The summed E-state index contributed by atoms with van der Waals surface area (Å²) in [6, 6.07) is 8.74. The second-order valence-corrected chi connectivity index (χ2v) is 7.89. The van der Waals surface area contributed by atoms with Crippen molar-refractivity contribution in [2.75, 3.05) is 47.0 Å². The molecule has 0 aromatic heterocycles. The third-order valence-corrected chi connectivity index (χ3v) is 6.20. The Morgan fingerprint density at radius 3 is 2.27 bits per heavy atom. The van der Waals surface area contributed by atoms with Crippen LogP contribution in [-0.4, -0.2) is 51.9 Å². The minimum absolute atomic E-state index is 0.0686. The van der Waals surface area contributed by atoms with E-state index in [2.05, 4.69) is 62.2 Å². The molecule has 3 rings (SSSR count). The van der Waals surface area contributed by atoms with Gasteiger partial charge in [-0.25, -0.2) is 0 Å². The summed E-state index contributed by atoms with van der Waals surface area (Å²) in [7, 11) is 3.46. The topological polar surface area (TPSA) is 43.0 Å². The van der Waals surface area contributed by atoms with Crippen LogP contribution in [0.2, 0.25) is 0 Å². The van der Waals surface area contributed by atoms with E-state index in [0.29, 0.717) is 6.61 Å². The first-order chi connectivity index (χ1) is 14.5. The fourth-order valence-corrected chi connectivity index (χ4v) is 4.15. The molecule has 0 spiro atoms. The molecule has 164 valence electrons. The van der Waals surface area contributed by atoms with E-state index < -0.39 is 0 Å². The molecule has 2 aromatic rings. The summed E-state index contributed by atoms with van der Waals surface area (Å²) in [6.45, 7) is 13.1. The highest BCUT2D eigenvalue weighted by Gasteiger charge is 2.26. The van der Waals surface area contributed by atoms with Crippen molar-refractivity contribution in [3.8, 4) is 17.2 Å². The molecular formula is C25H36N2O3. The number of methoxy groups -OCH3 is 2. The largest absolute Gasteiger partial charge is 0.496 e. The van der Waals surface area contributed by atoms with Gasteiger partial charge in [-0.15, -0.1) is 0 Å². The van der Waals surface area contributed by atoms with Gasteiger partial charge in [-0.05, 0) is 73.8 Å². The Labute approximate surface area is 181 Å². The van der Waals surface area contributed by atoms with Crippen LogP contribution < -0.4 is 19.5 Å². The van der Waals surface area contributed by atoms with Crippen molar-refractivity contribution in [2.24, 2.45) is 0 Å². The predicted molar refractivity (Wildman–Crippen MR) is 122 cm³/mol. The maximum absolute atomic E-state index is 6.19. The lowest BCUT2D eigenvalue weighted by atomic mass is 9.87. The van der Waals surface area contributed by atoms with Crippen molar-refractivity contribution in [1.82, 2.24) is 10.2 Å². The first-order valence-corrected chi connectivity index (χ1v) is 11.0. The quantitative estimate of drug-likeness (QED) is 0.666. The fourth-order valence-electron chi connectivity index (χ4n) is 4.15. The predicted octanol–water partition coefficient (Wildman–Crippen LogP) is 4.28. The van der Waals surface area contributed by atoms with Gasteiger partial charge in [-0.1, -0.05) is 19.9 Å². The van der Waals surface area contributed by atoms with Crippen LogP contribution in [0.5, 0.6) is 17.2 Å². The fraction of sp³-hybridized carbons (Fsp3) is 0.520. The van der Waals surface area contributed by atoms with Crippen molar-refractivity contribution >= 4 is 0 Å². The maximum Gasteiger partial charge on any atom is 0.161 e. The van der Waals surface area contributed by atoms with Gasteiger partial charge in [-0.2, -0.15) is 0 Å². The average molecular weight is 413 g/mol. The SMILES string of the molecule is CCN(CC)CCOc1cc2c(cc1OC)CCNC2c1cc(C)c(C)cc1OC. The third kappa shape index (κ3) is 4.73. The first-order valence-electron chi connectivity index (χ1n) is 11.0. The van der Waals surface area contributed by atoms with E-state index in [1.807, 2.05) is 0 Å². The molecular weight excluding hydrogens is 376 g/mol. The Balaban J connectivity index is 1.95. The molecule has 0 bridgehead atoms. The minimum Gasteiger partial charge on any atom is -0.496 e. The van der Waals surface area contributed by atoms with Crippen molar-refractivity contribution in [1.29, 1.82) is 0 Å². The molecule has 0 aliphatic carbocycles. The van der Waals surface area contributed by atoms with Crippen LogP contribution in [0.3, 0.4) is 0 Å². The molecule has 5 nitrogen and oxygen atoms in total. The lowest BCUT2D eigenvalue weighted by Gasteiger charge is -2.30. The van der Waals surface area contributed by atoms with Gasteiger partial charge in [0.25, 0.3) is 0 Å². The van der Waals surface area contributed by atoms with Gasteiger partial charge in [-0.3, -0.25) is 0 Å². The lowest BCUT2D eigenvalue weighted by Crippen LogP contribution is -2.31. The Hall–Kier alpha value is -2.24. The van der Waals surface area contributed by atoms with E-state index in [1.54, 1.807) is 14.2 Å². The maximum atomic E-state index is 6.19. The Morgan fingerprint density at radius 2 is 1.60 bits per heavy atom. The van der Waals surface area contributed by atoms with Crippen molar-refractivity contribution < 1.29 is 14.2 Å². The van der Waals surface area contributed by atoms with Crippen molar-refractivity contribution in [3.63, 3.8) is 0 Å². The molecule has 1 N–H and O–H groups in total. The number of hydrogen-bond donors (Lipinski definition) is 1. The summed E-state index contributed by atoms with van der Waals surface area (Å²) in [5.41, 5.74) is 6.21. The van der Waals surface area contributed by atoms with E-state index >= 15 is 0 Å². The molecule has 5 heteroatoms. The first kappa shape index (κ1) is 22.4. The molecule has 0 fully saturated rings. The summed E-state index contributed by atoms with van der Waals surface area (Å²) in [5, 5.41) is 3.69. The van der Waals surface area contributed by atoms with Gasteiger partial charge in [0.15, 0.2) is 11.5 Å². The zero-order valence-corrected chi connectivity index (χ0v) is 19.3. The van der Waals surface area contributed by atoms with Crippen LogP contribution >= 0.6 is 0 Å². The monoisotopic (exact) mass is 412 g/mol. The molecule has 1 aliphatic heterocycles. The smallest absolute Gasteiger partial charge is 0.161 e. The van der Waals surface area contributed by atoms with Crippen LogP contribution in [0.15, 0.2) is 24.3 Å². The summed E-state index contributed by atoms with van der Waals surface area (Å²) >= 11 is 0. The van der Waals surface area contributed by atoms with Gasteiger partial charge in [0.2, 0.25) is 0 Å². The van der Waals surface area contributed by atoms with Crippen LogP contribution in [0, 0.1) is 13.8 Å². The van der Waals surface area contributed by atoms with E-state index in [0.717, 1.165) is 49.8 Å². The van der Waals surface area contributed by atoms with Crippen LogP contribution in [0.4, 0.5) is 0 Å². The summed E-state index contributed by atoms with van der Waals surface area (Å²) in [5.74, 6) is 2.53. The number of fused-ring (bicyclic) bond motifs is 1. The molecule has 1 heterocycles. The number of rotatable bonds is 9. The molecule has 1 aliphatic rings. The van der Waals surface area contributed by atoms with E-state index in [9.17, 15) is 0 Å². The zero-order chi connectivity index (χ0) is 21.7. The third-order valence-electron chi connectivity index (χ3n) is 6.20. The molecule has 0 radical (unpaired) electrons. The number of aryl methyl sites for hydroxylation is 2. The average Bonchev–Trinajstić information content (AvgIpc) is 2.77. The van der Waals surface area contributed by atoms with Crippen molar-refractivity contribution in [3.05, 3.63) is 52.1 Å². The van der Waals surface area contributed by atoms with Gasteiger partial charge in [0, 0.05) is 18.7 Å². The number of nitrogens with zero attached hydrogens (tertiary/aromatic N) is 1. The van der Waals surface area contributed by atoms with E-state index in [4.69, 9.17) is 14.2 Å². The molecule has 0 amide bonds. The molecule has 0 saturated heterocycles. The molecule has 2 aromatic carbocycles. The van der Waals surface area contributed by atoms with Crippen LogP contribution in [0.25, 0.3) is 0 Å². The minimum atomic E-state index is 0.0686. The van der Waals surface area contributed by atoms with Gasteiger partial charge in [0.05, 0.1) is 20.3 Å². The van der Waals surface area contributed by atoms with Crippen LogP contribution in [-0.2, 0) is 6.42 Å². The molecule has 0 saturated carbocycles. The number of likely N-dealkylation sites (N-methyl/N-ethyl adjacent to an activating group) is 1. The van der Waals surface area contributed by atoms with Gasteiger partial charge in [0.1, 0.15) is 12.4 Å². The number of ether oxygens (including phenoxy) is 3. The number of hydrogen-bond acceptors (Lipinski definition) is 5. The van der Waals surface area contributed by atoms with E-state index in [-0.39, 0.29) is 6.04 Å². The summed E-state index contributed by atoms with van der Waals surface area (Å²) in [6.07, 6.45) is 0.967. The molecule has 30 heavy (non-hydrogen) atoms.